The van der Waals surface area contributed by atoms with Crippen LogP contribution in [0.1, 0.15) is 22.8 Å². The van der Waals surface area contributed by atoms with Gasteiger partial charge < -0.3 is 9.84 Å². The molecule has 1 aromatic rings. The molecule has 0 bridgehead atoms. The number of fused-ring (bicyclic) bond motifs is 1. The van der Waals surface area contributed by atoms with Gasteiger partial charge in [0.05, 0.1) is 0 Å². The first-order valence-electron chi connectivity index (χ1n) is 4.20. The zero-order chi connectivity index (χ0) is 9.42. The average molecular weight is 178 g/mol. The number of aromatic carboxylic acids is 1. The normalized spacial score (nSPS) is 19.3. The lowest BCUT2D eigenvalue weighted by molar-refractivity contribution is 0.0692. The van der Waals surface area contributed by atoms with Crippen molar-refractivity contribution in [1.29, 1.82) is 0 Å². The second-order valence-electron chi connectivity index (χ2n) is 3.23. The summed E-state index contributed by atoms with van der Waals surface area (Å²) in [7, 11) is 0. The highest BCUT2D eigenvalue weighted by molar-refractivity contribution is 5.91. The number of benzene rings is 1. The molecule has 3 heteroatoms. The van der Waals surface area contributed by atoms with Gasteiger partial charge in [0, 0.05) is 6.42 Å². The molecule has 1 heterocycles. The number of rotatable bonds is 1. The third kappa shape index (κ3) is 1.26. The number of hydrogen-bond acceptors (Lipinski definition) is 2. The van der Waals surface area contributed by atoms with E-state index in [9.17, 15) is 4.79 Å². The van der Waals surface area contributed by atoms with Crippen molar-refractivity contribution in [2.75, 3.05) is 0 Å². The zero-order valence-corrected chi connectivity index (χ0v) is 7.28. The molecule has 0 fully saturated rings. The Bertz CT molecular complexity index is 357. The smallest absolute Gasteiger partial charge is 0.339 e. The van der Waals surface area contributed by atoms with Gasteiger partial charge in [-0.3, -0.25) is 0 Å². The summed E-state index contributed by atoms with van der Waals surface area (Å²) in [5.41, 5.74) is 1.26. The van der Waals surface area contributed by atoms with Gasteiger partial charge in [0.25, 0.3) is 0 Å². The summed E-state index contributed by atoms with van der Waals surface area (Å²) in [5.74, 6) is -0.381. The van der Waals surface area contributed by atoms with E-state index in [1.165, 1.54) is 0 Å². The van der Waals surface area contributed by atoms with E-state index in [1.54, 1.807) is 12.1 Å². The van der Waals surface area contributed by atoms with Crippen molar-refractivity contribution in [3.05, 3.63) is 29.3 Å². The van der Waals surface area contributed by atoms with Crippen LogP contribution in [0.5, 0.6) is 5.75 Å². The van der Waals surface area contributed by atoms with E-state index < -0.39 is 5.97 Å². The minimum absolute atomic E-state index is 0.0931. The second-order valence-corrected chi connectivity index (χ2v) is 3.23. The molecule has 0 saturated heterocycles. The van der Waals surface area contributed by atoms with Crippen LogP contribution in [0.3, 0.4) is 0 Å². The molecule has 0 amide bonds. The summed E-state index contributed by atoms with van der Waals surface area (Å²) in [6.45, 7) is 1.94. The summed E-state index contributed by atoms with van der Waals surface area (Å²) in [4.78, 5) is 10.8. The Labute approximate surface area is 76.0 Å². The SMILES string of the molecule is C[C@H]1Cc2cccc(C(=O)O)c2O1. The van der Waals surface area contributed by atoms with E-state index in [0.29, 0.717) is 5.75 Å². The van der Waals surface area contributed by atoms with Crippen molar-refractivity contribution in [3.8, 4) is 5.75 Å². The van der Waals surface area contributed by atoms with Gasteiger partial charge >= 0.3 is 5.97 Å². The Morgan fingerprint density at radius 1 is 1.62 bits per heavy atom. The number of carbonyl (C=O) groups is 1. The first-order valence-corrected chi connectivity index (χ1v) is 4.20. The van der Waals surface area contributed by atoms with E-state index in [4.69, 9.17) is 9.84 Å². The number of carboxylic acid groups (broad SMARTS) is 1. The molecule has 1 aromatic carbocycles. The fourth-order valence-corrected chi connectivity index (χ4v) is 1.61. The Morgan fingerprint density at radius 2 is 2.38 bits per heavy atom. The van der Waals surface area contributed by atoms with Gasteiger partial charge in [-0.15, -0.1) is 0 Å². The molecule has 0 radical (unpaired) electrons. The fraction of sp³-hybridized carbons (Fsp3) is 0.300. The third-order valence-electron chi connectivity index (χ3n) is 2.15. The van der Waals surface area contributed by atoms with E-state index >= 15 is 0 Å². The molecule has 1 atom stereocenters. The zero-order valence-electron chi connectivity index (χ0n) is 7.28. The van der Waals surface area contributed by atoms with Crippen LogP contribution in [0.4, 0.5) is 0 Å². The lowest BCUT2D eigenvalue weighted by Gasteiger charge is -2.05. The molecule has 1 aliphatic rings. The van der Waals surface area contributed by atoms with Gasteiger partial charge in [-0.2, -0.15) is 0 Å². The van der Waals surface area contributed by atoms with Gasteiger partial charge in [0.15, 0.2) is 0 Å². The topological polar surface area (TPSA) is 46.5 Å². The molecular weight excluding hydrogens is 168 g/mol. The Morgan fingerprint density at radius 3 is 3.08 bits per heavy atom. The van der Waals surface area contributed by atoms with Crippen LogP contribution in [0.25, 0.3) is 0 Å². The van der Waals surface area contributed by atoms with E-state index in [-0.39, 0.29) is 11.7 Å². The molecule has 2 rings (SSSR count). The number of para-hydroxylation sites is 1. The van der Waals surface area contributed by atoms with Crippen LogP contribution < -0.4 is 4.74 Å². The van der Waals surface area contributed by atoms with Crippen LogP contribution in [0.2, 0.25) is 0 Å². The lowest BCUT2D eigenvalue weighted by Crippen LogP contribution is -2.07. The molecule has 13 heavy (non-hydrogen) atoms. The van der Waals surface area contributed by atoms with Gasteiger partial charge in [-0.05, 0) is 18.6 Å². The van der Waals surface area contributed by atoms with Gasteiger partial charge in [-0.25, -0.2) is 4.79 Å². The van der Waals surface area contributed by atoms with Gasteiger partial charge in [0.1, 0.15) is 17.4 Å². The maximum atomic E-state index is 10.8. The van der Waals surface area contributed by atoms with Gasteiger partial charge in [-0.1, -0.05) is 12.1 Å². The van der Waals surface area contributed by atoms with Crippen molar-refractivity contribution in [1.82, 2.24) is 0 Å². The number of carboxylic acids is 1. The molecule has 0 spiro atoms. The third-order valence-corrected chi connectivity index (χ3v) is 2.15. The Balaban J connectivity index is 2.51. The molecule has 1 aliphatic heterocycles. The summed E-state index contributed by atoms with van der Waals surface area (Å²) in [5, 5.41) is 8.86. The Kier molecular flexibility index (Phi) is 1.72. The van der Waals surface area contributed by atoms with E-state index in [2.05, 4.69) is 0 Å². The minimum atomic E-state index is -0.925. The highest BCUT2D eigenvalue weighted by Gasteiger charge is 2.24. The Hall–Kier alpha value is -1.51. The van der Waals surface area contributed by atoms with Gasteiger partial charge in [0.2, 0.25) is 0 Å². The first-order chi connectivity index (χ1) is 6.18. The lowest BCUT2D eigenvalue weighted by atomic mass is 10.1. The standard InChI is InChI=1S/C10H10O3/c1-6-5-7-3-2-4-8(10(11)12)9(7)13-6/h2-4,6H,5H2,1H3,(H,11,12)/t6-/m0/s1. The second kappa shape index (κ2) is 2.76. The van der Waals surface area contributed by atoms with Crippen molar-refractivity contribution >= 4 is 5.97 Å². The summed E-state index contributed by atoms with van der Waals surface area (Å²) < 4.78 is 5.42. The predicted molar refractivity (Wildman–Crippen MR) is 47.2 cm³/mol. The van der Waals surface area contributed by atoms with E-state index in [0.717, 1.165) is 12.0 Å². The summed E-state index contributed by atoms with van der Waals surface area (Å²) in [6, 6.07) is 5.23. The van der Waals surface area contributed by atoms with Crippen molar-refractivity contribution < 1.29 is 14.6 Å². The maximum absolute atomic E-state index is 10.8. The average Bonchev–Trinajstić information content (AvgIpc) is 2.43. The minimum Gasteiger partial charge on any atom is -0.489 e. The molecule has 3 nitrogen and oxygen atoms in total. The number of ether oxygens (including phenoxy) is 1. The van der Waals surface area contributed by atoms with Crippen molar-refractivity contribution in [2.45, 2.75) is 19.4 Å². The largest absolute Gasteiger partial charge is 0.489 e. The van der Waals surface area contributed by atoms with Crippen molar-refractivity contribution in [3.63, 3.8) is 0 Å². The molecule has 68 valence electrons. The monoisotopic (exact) mass is 178 g/mol. The van der Waals surface area contributed by atoms with Crippen LogP contribution in [-0.2, 0) is 6.42 Å². The van der Waals surface area contributed by atoms with Crippen LogP contribution in [0.15, 0.2) is 18.2 Å². The predicted octanol–water partition coefficient (Wildman–Crippen LogP) is 1.71. The highest BCUT2D eigenvalue weighted by Crippen LogP contribution is 2.32. The summed E-state index contributed by atoms with van der Waals surface area (Å²) in [6.07, 6.45) is 0.895. The number of hydrogen-bond donors (Lipinski definition) is 1. The fourth-order valence-electron chi connectivity index (χ4n) is 1.61. The van der Waals surface area contributed by atoms with Crippen LogP contribution in [-0.4, -0.2) is 17.2 Å². The quantitative estimate of drug-likeness (QED) is 0.712. The van der Waals surface area contributed by atoms with Crippen LogP contribution >= 0.6 is 0 Å². The molecule has 0 unspecified atom stereocenters. The highest BCUT2D eigenvalue weighted by atomic mass is 16.5. The summed E-state index contributed by atoms with van der Waals surface area (Å²) >= 11 is 0. The maximum Gasteiger partial charge on any atom is 0.339 e. The first kappa shape index (κ1) is 8.10. The molecule has 1 N–H and O–H groups in total. The molecular formula is C10H10O3. The molecule has 0 aliphatic carbocycles. The molecule has 0 saturated carbocycles. The van der Waals surface area contributed by atoms with Crippen LogP contribution in [0, 0.1) is 0 Å². The van der Waals surface area contributed by atoms with Crippen molar-refractivity contribution in [2.24, 2.45) is 0 Å². The van der Waals surface area contributed by atoms with E-state index in [1.807, 2.05) is 13.0 Å². The molecule has 0 aromatic heterocycles.